The minimum absolute atomic E-state index is 0.354. The van der Waals surface area contributed by atoms with Gasteiger partial charge in [-0.3, -0.25) is 15.1 Å². The van der Waals surface area contributed by atoms with Crippen LogP contribution < -0.4 is 11.1 Å². The average molecular weight is 243 g/mol. The molecule has 0 radical (unpaired) electrons. The van der Waals surface area contributed by atoms with Crippen LogP contribution in [0.15, 0.2) is 36.7 Å². The summed E-state index contributed by atoms with van der Waals surface area (Å²) in [7, 11) is 0. The summed E-state index contributed by atoms with van der Waals surface area (Å²) in [6, 6.07) is 8.10. The fourth-order valence-electron chi connectivity index (χ4n) is 1.65. The standard InChI is InChI=1S/C14H17N3O/c1-14(2,13(15)18)17-8-10-3-4-12-9-16-6-5-11(12)7-10/h3-7,9,17H,8H2,1-2H3,(H2,15,18). The molecule has 0 bridgehead atoms. The van der Waals surface area contributed by atoms with Gasteiger partial charge in [0.1, 0.15) is 0 Å². The van der Waals surface area contributed by atoms with E-state index in [1.165, 1.54) is 0 Å². The predicted molar refractivity (Wildman–Crippen MR) is 71.9 cm³/mol. The smallest absolute Gasteiger partial charge is 0.237 e. The molecular formula is C14H17N3O. The number of carbonyl (C=O) groups excluding carboxylic acids is 1. The highest BCUT2D eigenvalue weighted by molar-refractivity contribution is 5.84. The zero-order valence-electron chi connectivity index (χ0n) is 10.6. The lowest BCUT2D eigenvalue weighted by molar-refractivity contribution is -0.123. The maximum absolute atomic E-state index is 11.2. The zero-order chi connectivity index (χ0) is 13.2. The van der Waals surface area contributed by atoms with Crippen LogP contribution in [0.4, 0.5) is 0 Å². The van der Waals surface area contributed by atoms with Crippen LogP contribution in [-0.4, -0.2) is 16.4 Å². The molecular weight excluding hydrogens is 226 g/mol. The van der Waals surface area contributed by atoms with E-state index < -0.39 is 5.54 Å². The fourth-order valence-corrected chi connectivity index (χ4v) is 1.65. The number of primary amides is 1. The Kier molecular flexibility index (Phi) is 3.30. The summed E-state index contributed by atoms with van der Waals surface area (Å²) in [4.78, 5) is 15.3. The number of carbonyl (C=O) groups is 1. The number of nitrogens with one attached hydrogen (secondary N) is 1. The van der Waals surface area contributed by atoms with Gasteiger partial charge in [-0.2, -0.15) is 0 Å². The lowest BCUT2D eigenvalue weighted by Crippen LogP contribution is -2.50. The molecule has 18 heavy (non-hydrogen) atoms. The van der Waals surface area contributed by atoms with E-state index in [0.717, 1.165) is 16.3 Å². The summed E-state index contributed by atoms with van der Waals surface area (Å²) < 4.78 is 0. The minimum Gasteiger partial charge on any atom is -0.368 e. The third-order valence-electron chi connectivity index (χ3n) is 3.06. The summed E-state index contributed by atoms with van der Waals surface area (Å²) in [6.45, 7) is 4.16. The van der Waals surface area contributed by atoms with Crippen LogP contribution >= 0.6 is 0 Å². The van der Waals surface area contributed by atoms with Gasteiger partial charge in [0.2, 0.25) is 5.91 Å². The van der Waals surface area contributed by atoms with Crippen LogP contribution in [0.3, 0.4) is 0 Å². The van der Waals surface area contributed by atoms with Crippen LogP contribution in [0.5, 0.6) is 0 Å². The van der Waals surface area contributed by atoms with Crippen molar-refractivity contribution in [2.24, 2.45) is 5.73 Å². The second-order valence-corrected chi connectivity index (χ2v) is 4.90. The molecule has 0 unspecified atom stereocenters. The average Bonchev–Trinajstić information content (AvgIpc) is 2.36. The van der Waals surface area contributed by atoms with Crippen molar-refractivity contribution in [1.29, 1.82) is 0 Å². The number of benzene rings is 1. The summed E-state index contributed by atoms with van der Waals surface area (Å²) in [5.74, 6) is -0.354. The van der Waals surface area contributed by atoms with Crippen molar-refractivity contribution in [3.05, 3.63) is 42.2 Å². The fraction of sp³-hybridized carbons (Fsp3) is 0.286. The maximum Gasteiger partial charge on any atom is 0.237 e. The molecule has 2 rings (SSSR count). The predicted octanol–water partition coefficient (Wildman–Crippen LogP) is 1.59. The number of hydrogen-bond donors (Lipinski definition) is 2. The lowest BCUT2D eigenvalue weighted by atomic mass is 10.0. The zero-order valence-corrected chi connectivity index (χ0v) is 10.6. The summed E-state index contributed by atoms with van der Waals surface area (Å²) in [5.41, 5.74) is 5.73. The van der Waals surface area contributed by atoms with Crippen molar-refractivity contribution >= 4 is 16.7 Å². The van der Waals surface area contributed by atoms with E-state index in [1.807, 2.05) is 24.4 Å². The Bertz CT molecular complexity index is 578. The summed E-state index contributed by atoms with van der Waals surface area (Å²) >= 11 is 0. The Labute approximate surface area is 106 Å². The third-order valence-corrected chi connectivity index (χ3v) is 3.06. The summed E-state index contributed by atoms with van der Waals surface area (Å²) in [6.07, 6.45) is 3.60. The van der Waals surface area contributed by atoms with Gasteiger partial charge in [0.15, 0.2) is 0 Å². The molecule has 2 aromatic rings. The van der Waals surface area contributed by atoms with Crippen molar-refractivity contribution in [2.75, 3.05) is 0 Å². The molecule has 0 aliphatic heterocycles. The van der Waals surface area contributed by atoms with Gasteiger partial charge in [-0.05, 0) is 36.9 Å². The monoisotopic (exact) mass is 243 g/mol. The molecule has 94 valence electrons. The molecule has 3 N–H and O–H groups in total. The molecule has 0 saturated carbocycles. The number of rotatable bonds is 4. The van der Waals surface area contributed by atoms with Gasteiger partial charge in [0.25, 0.3) is 0 Å². The van der Waals surface area contributed by atoms with Gasteiger partial charge in [-0.1, -0.05) is 12.1 Å². The molecule has 0 saturated heterocycles. The molecule has 4 heteroatoms. The second kappa shape index (κ2) is 4.74. The molecule has 0 spiro atoms. The van der Waals surface area contributed by atoms with Crippen molar-refractivity contribution < 1.29 is 4.79 Å². The molecule has 1 aromatic carbocycles. The molecule has 1 amide bonds. The van der Waals surface area contributed by atoms with E-state index in [-0.39, 0.29) is 5.91 Å². The summed E-state index contributed by atoms with van der Waals surface area (Å²) in [5, 5.41) is 5.40. The van der Waals surface area contributed by atoms with E-state index in [4.69, 9.17) is 5.73 Å². The molecule has 4 nitrogen and oxygen atoms in total. The van der Waals surface area contributed by atoms with Crippen molar-refractivity contribution in [3.63, 3.8) is 0 Å². The highest BCUT2D eigenvalue weighted by Gasteiger charge is 2.23. The maximum atomic E-state index is 11.2. The molecule has 1 heterocycles. The Balaban J connectivity index is 2.15. The van der Waals surface area contributed by atoms with Crippen molar-refractivity contribution in [2.45, 2.75) is 25.9 Å². The molecule has 1 aromatic heterocycles. The molecule has 0 aliphatic carbocycles. The third kappa shape index (κ3) is 2.65. The van der Waals surface area contributed by atoms with E-state index in [9.17, 15) is 4.79 Å². The number of nitrogens with two attached hydrogens (primary N) is 1. The van der Waals surface area contributed by atoms with Gasteiger partial charge < -0.3 is 5.73 Å². The minimum atomic E-state index is -0.701. The first-order valence-corrected chi connectivity index (χ1v) is 5.87. The topological polar surface area (TPSA) is 68.0 Å². The number of nitrogens with zero attached hydrogens (tertiary/aromatic N) is 1. The van der Waals surface area contributed by atoms with Crippen molar-refractivity contribution in [1.82, 2.24) is 10.3 Å². The number of amides is 1. The van der Waals surface area contributed by atoms with E-state index in [0.29, 0.717) is 6.54 Å². The van der Waals surface area contributed by atoms with E-state index in [1.54, 1.807) is 20.0 Å². The molecule has 0 aliphatic rings. The molecule has 0 atom stereocenters. The first-order chi connectivity index (χ1) is 8.49. The Morgan fingerprint density at radius 1 is 1.33 bits per heavy atom. The van der Waals surface area contributed by atoms with Gasteiger partial charge in [-0.15, -0.1) is 0 Å². The van der Waals surface area contributed by atoms with Gasteiger partial charge in [-0.25, -0.2) is 0 Å². The first-order valence-electron chi connectivity index (χ1n) is 5.87. The van der Waals surface area contributed by atoms with Crippen LogP contribution in [-0.2, 0) is 11.3 Å². The van der Waals surface area contributed by atoms with Gasteiger partial charge in [0, 0.05) is 24.3 Å². The number of aromatic nitrogens is 1. The Hall–Kier alpha value is -1.94. The normalized spacial score (nSPS) is 11.7. The quantitative estimate of drug-likeness (QED) is 0.856. The van der Waals surface area contributed by atoms with Gasteiger partial charge in [0.05, 0.1) is 5.54 Å². The van der Waals surface area contributed by atoms with Crippen LogP contribution in [0, 0.1) is 0 Å². The number of hydrogen-bond acceptors (Lipinski definition) is 3. The lowest BCUT2D eigenvalue weighted by Gasteiger charge is -2.22. The largest absolute Gasteiger partial charge is 0.368 e. The van der Waals surface area contributed by atoms with Crippen LogP contribution in [0.1, 0.15) is 19.4 Å². The van der Waals surface area contributed by atoms with Crippen LogP contribution in [0.2, 0.25) is 0 Å². The van der Waals surface area contributed by atoms with Crippen molar-refractivity contribution in [3.8, 4) is 0 Å². The Morgan fingerprint density at radius 3 is 2.83 bits per heavy atom. The number of fused-ring (bicyclic) bond motifs is 1. The van der Waals surface area contributed by atoms with E-state index in [2.05, 4.69) is 16.4 Å². The molecule has 0 fully saturated rings. The van der Waals surface area contributed by atoms with Crippen LogP contribution in [0.25, 0.3) is 10.8 Å². The first kappa shape index (κ1) is 12.5. The van der Waals surface area contributed by atoms with Gasteiger partial charge >= 0.3 is 0 Å². The second-order valence-electron chi connectivity index (χ2n) is 4.90. The SMILES string of the molecule is CC(C)(NCc1ccc2cnccc2c1)C(N)=O. The number of pyridine rings is 1. The highest BCUT2D eigenvalue weighted by Crippen LogP contribution is 2.15. The highest BCUT2D eigenvalue weighted by atomic mass is 16.1. The Morgan fingerprint density at radius 2 is 2.11 bits per heavy atom. The van der Waals surface area contributed by atoms with E-state index >= 15 is 0 Å².